The Labute approximate surface area is 115 Å². The molecular formula is C14H24N4O. The van der Waals surface area contributed by atoms with Crippen LogP contribution in [0.15, 0.2) is 18.5 Å². The highest BCUT2D eigenvalue weighted by Gasteiger charge is 2.10. The van der Waals surface area contributed by atoms with Crippen molar-refractivity contribution >= 4 is 11.6 Å². The molecule has 5 heteroatoms. The van der Waals surface area contributed by atoms with Crippen molar-refractivity contribution in [3.05, 3.63) is 24.0 Å². The smallest absolute Gasteiger partial charge is 0.254 e. The van der Waals surface area contributed by atoms with Gasteiger partial charge in [0.05, 0.1) is 5.56 Å². The highest BCUT2D eigenvalue weighted by atomic mass is 16.1. The predicted molar refractivity (Wildman–Crippen MR) is 78.5 cm³/mol. The van der Waals surface area contributed by atoms with Gasteiger partial charge in [-0.3, -0.25) is 9.78 Å². The zero-order chi connectivity index (χ0) is 14.1. The number of amides is 1. The van der Waals surface area contributed by atoms with E-state index in [1.54, 1.807) is 25.5 Å². The minimum absolute atomic E-state index is 0.0787. The Kier molecular flexibility index (Phi) is 6.89. The molecule has 1 amide bonds. The van der Waals surface area contributed by atoms with Gasteiger partial charge in [-0.1, -0.05) is 13.8 Å². The van der Waals surface area contributed by atoms with Crippen LogP contribution in [-0.2, 0) is 0 Å². The molecule has 0 aliphatic heterocycles. The average molecular weight is 264 g/mol. The van der Waals surface area contributed by atoms with Gasteiger partial charge in [0, 0.05) is 38.2 Å². The number of hydrogen-bond donors (Lipinski definition) is 2. The quantitative estimate of drug-likeness (QED) is 0.748. The zero-order valence-corrected chi connectivity index (χ0v) is 12.1. The van der Waals surface area contributed by atoms with Crippen LogP contribution in [-0.4, -0.2) is 49.0 Å². The first-order valence-electron chi connectivity index (χ1n) is 6.85. The largest absolute Gasteiger partial charge is 0.387 e. The molecule has 0 spiro atoms. The van der Waals surface area contributed by atoms with Crippen LogP contribution in [0.5, 0.6) is 0 Å². The third-order valence-corrected chi connectivity index (χ3v) is 3.04. The number of nitrogens with zero attached hydrogens (tertiary/aromatic N) is 2. The van der Waals surface area contributed by atoms with Gasteiger partial charge in [-0.05, 0) is 25.6 Å². The van der Waals surface area contributed by atoms with Crippen molar-refractivity contribution in [3.8, 4) is 0 Å². The molecule has 0 radical (unpaired) electrons. The molecule has 0 aliphatic rings. The molecule has 0 atom stereocenters. The highest BCUT2D eigenvalue weighted by Crippen LogP contribution is 2.11. The minimum Gasteiger partial charge on any atom is -0.387 e. The minimum atomic E-state index is -0.0787. The Morgan fingerprint density at radius 1 is 1.37 bits per heavy atom. The van der Waals surface area contributed by atoms with E-state index in [2.05, 4.69) is 34.4 Å². The van der Waals surface area contributed by atoms with E-state index in [-0.39, 0.29) is 5.91 Å². The van der Waals surface area contributed by atoms with Crippen molar-refractivity contribution in [1.29, 1.82) is 0 Å². The molecule has 0 aliphatic carbocycles. The Hall–Kier alpha value is -1.62. The number of carbonyl (C=O) groups is 1. The van der Waals surface area contributed by atoms with Crippen LogP contribution in [0.2, 0.25) is 0 Å². The lowest BCUT2D eigenvalue weighted by Gasteiger charge is -2.19. The monoisotopic (exact) mass is 264 g/mol. The average Bonchev–Trinajstić information content (AvgIpc) is 2.46. The maximum atomic E-state index is 12.0. The van der Waals surface area contributed by atoms with E-state index in [4.69, 9.17) is 0 Å². The predicted octanol–water partition coefficient (Wildman–Crippen LogP) is 1.58. The summed E-state index contributed by atoms with van der Waals surface area (Å²) in [6, 6.07) is 1.80. The van der Waals surface area contributed by atoms with E-state index in [1.165, 1.54) is 0 Å². The van der Waals surface area contributed by atoms with Crippen molar-refractivity contribution in [3.63, 3.8) is 0 Å². The number of likely N-dealkylation sites (N-methyl/N-ethyl adjacent to an activating group) is 1. The van der Waals surface area contributed by atoms with E-state index >= 15 is 0 Å². The summed E-state index contributed by atoms with van der Waals surface area (Å²) in [6.07, 6.45) is 4.39. The van der Waals surface area contributed by atoms with Crippen molar-refractivity contribution in [1.82, 2.24) is 15.2 Å². The maximum Gasteiger partial charge on any atom is 0.254 e. The molecule has 1 aromatic heterocycles. The van der Waals surface area contributed by atoms with E-state index in [0.717, 1.165) is 31.7 Å². The molecule has 19 heavy (non-hydrogen) atoms. The summed E-state index contributed by atoms with van der Waals surface area (Å²) in [6.45, 7) is 7.92. The van der Waals surface area contributed by atoms with Crippen LogP contribution < -0.4 is 10.6 Å². The summed E-state index contributed by atoms with van der Waals surface area (Å²) in [4.78, 5) is 18.4. The summed E-state index contributed by atoms with van der Waals surface area (Å²) in [5, 5.41) is 5.93. The van der Waals surface area contributed by atoms with Crippen LogP contribution in [0.25, 0.3) is 0 Å². The topological polar surface area (TPSA) is 57.3 Å². The van der Waals surface area contributed by atoms with Gasteiger partial charge < -0.3 is 15.5 Å². The van der Waals surface area contributed by atoms with Crippen molar-refractivity contribution in [2.45, 2.75) is 20.3 Å². The molecule has 0 saturated carbocycles. The number of anilines is 1. The second kappa shape index (κ2) is 8.48. The van der Waals surface area contributed by atoms with Gasteiger partial charge in [0.15, 0.2) is 0 Å². The van der Waals surface area contributed by atoms with Crippen molar-refractivity contribution in [2.75, 3.05) is 38.5 Å². The lowest BCUT2D eigenvalue weighted by Crippen LogP contribution is -2.35. The van der Waals surface area contributed by atoms with Crippen molar-refractivity contribution in [2.24, 2.45) is 0 Å². The molecular weight excluding hydrogens is 240 g/mol. The van der Waals surface area contributed by atoms with Gasteiger partial charge in [-0.2, -0.15) is 0 Å². The van der Waals surface area contributed by atoms with Crippen LogP contribution in [0.1, 0.15) is 30.6 Å². The Morgan fingerprint density at radius 2 is 2.16 bits per heavy atom. The number of hydrogen-bond acceptors (Lipinski definition) is 4. The summed E-state index contributed by atoms with van der Waals surface area (Å²) >= 11 is 0. The first-order valence-corrected chi connectivity index (χ1v) is 6.85. The molecule has 1 heterocycles. The van der Waals surface area contributed by atoms with Crippen LogP contribution in [0.4, 0.5) is 5.69 Å². The SMILES string of the molecule is CCCN(CC)CCNC(=O)c1cnccc1NC. The molecule has 106 valence electrons. The lowest BCUT2D eigenvalue weighted by atomic mass is 10.2. The molecule has 0 saturated heterocycles. The summed E-state index contributed by atoms with van der Waals surface area (Å²) < 4.78 is 0. The molecule has 0 bridgehead atoms. The van der Waals surface area contributed by atoms with Gasteiger partial charge in [0.1, 0.15) is 0 Å². The molecule has 1 rings (SSSR count). The summed E-state index contributed by atoms with van der Waals surface area (Å²) in [5.74, 6) is -0.0787. The number of pyridine rings is 1. The van der Waals surface area contributed by atoms with E-state index in [1.807, 2.05) is 0 Å². The van der Waals surface area contributed by atoms with Crippen molar-refractivity contribution < 1.29 is 4.79 Å². The fourth-order valence-corrected chi connectivity index (χ4v) is 1.96. The second-order valence-electron chi connectivity index (χ2n) is 4.36. The van der Waals surface area contributed by atoms with Gasteiger partial charge in [0.25, 0.3) is 5.91 Å². The third kappa shape index (κ3) is 4.87. The molecule has 0 fully saturated rings. The first-order chi connectivity index (χ1) is 9.22. The van der Waals surface area contributed by atoms with Crippen LogP contribution in [0, 0.1) is 0 Å². The molecule has 5 nitrogen and oxygen atoms in total. The van der Waals surface area contributed by atoms with E-state index < -0.39 is 0 Å². The number of aromatic nitrogens is 1. The Balaban J connectivity index is 2.47. The van der Waals surface area contributed by atoms with Gasteiger partial charge >= 0.3 is 0 Å². The molecule has 0 unspecified atom stereocenters. The van der Waals surface area contributed by atoms with Gasteiger partial charge in [0.2, 0.25) is 0 Å². The maximum absolute atomic E-state index is 12.0. The third-order valence-electron chi connectivity index (χ3n) is 3.04. The molecule has 0 aromatic carbocycles. The van der Waals surface area contributed by atoms with Gasteiger partial charge in [-0.15, -0.1) is 0 Å². The first kappa shape index (κ1) is 15.4. The molecule has 1 aromatic rings. The van der Waals surface area contributed by atoms with E-state index in [9.17, 15) is 4.79 Å². The van der Waals surface area contributed by atoms with Crippen LogP contribution in [0.3, 0.4) is 0 Å². The highest BCUT2D eigenvalue weighted by molar-refractivity contribution is 5.99. The normalized spacial score (nSPS) is 10.5. The Bertz CT molecular complexity index is 395. The number of carbonyl (C=O) groups excluding carboxylic acids is 1. The van der Waals surface area contributed by atoms with Crippen LogP contribution >= 0.6 is 0 Å². The fraction of sp³-hybridized carbons (Fsp3) is 0.571. The standard InChI is InChI=1S/C14H24N4O/c1-4-9-18(5-2)10-8-17-14(19)12-11-16-7-6-13(12)15-3/h6-7,11H,4-5,8-10H2,1-3H3,(H,15,16)(H,17,19). The number of nitrogens with one attached hydrogen (secondary N) is 2. The fourth-order valence-electron chi connectivity index (χ4n) is 1.96. The second-order valence-corrected chi connectivity index (χ2v) is 4.36. The number of rotatable bonds is 8. The lowest BCUT2D eigenvalue weighted by molar-refractivity contribution is 0.0949. The van der Waals surface area contributed by atoms with Gasteiger partial charge in [-0.25, -0.2) is 0 Å². The molecule has 2 N–H and O–H groups in total. The Morgan fingerprint density at radius 3 is 2.79 bits per heavy atom. The summed E-state index contributed by atoms with van der Waals surface area (Å²) in [7, 11) is 1.80. The summed E-state index contributed by atoms with van der Waals surface area (Å²) in [5.41, 5.74) is 1.39. The van der Waals surface area contributed by atoms with E-state index in [0.29, 0.717) is 12.1 Å². The zero-order valence-electron chi connectivity index (χ0n) is 12.1.